The number of halogens is 1. The lowest BCUT2D eigenvalue weighted by atomic mass is 9.70. The van der Waals surface area contributed by atoms with Gasteiger partial charge in [0, 0.05) is 33.8 Å². The van der Waals surface area contributed by atoms with Crippen LogP contribution >= 0.6 is 15.9 Å². The van der Waals surface area contributed by atoms with Crippen molar-refractivity contribution in [2.45, 2.75) is 90.8 Å². The van der Waals surface area contributed by atoms with Crippen molar-refractivity contribution in [3.8, 4) is 0 Å². The van der Waals surface area contributed by atoms with Gasteiger partial charge in [-0.25, -0.2) is 0 Å². The highest BCUT2D eigenvalue weighted by Crippen LogP contribution is 2.69. The largest absolute Gasteiger partial charge is 0.373 e. The maximum absolute atomic E-state index is 13.9. The van der Waals surface area contributed by atoms with Gasteiger partial charge in [0.1, 0.15) is 5.78 Å². The van der Waals surface area contributed by atoms with Crippen LogP contribution < -0.4 is 0 Å². The minimum Gasteiger partial charge on any atom is -0.373 e. The van der Waals surface area contributed by atoms with E-state index in [1.54, 1.807) is 0 Å². The van der Waals surface area contributed by atoms with E-state index in [4.69, 9.17) is 0 Å². The van der Waals surface area contributed by atoms with Gasteiger partial charge in [-0.15, -0.1) is 0 Å². The summed E-state index contributed by atoms with van der Waals surface area (Å²) in [6, 6.07) is 8.91. The molecule has 4 heteroatoms. The summed E-state index contributed by atoms with van der Waals surface area (Å²) < 4.78 is 2.71. The zero-order chi connectivity index (χ0) is 22.9. The highest BCUT2D eigenvalue weighted by Gasteiger charge is 2.68. The molecule has 0 saturated heterocycles. The van der Waals surface area contributed by atoms with Crippen molar-refractivity contribution in [2.75, 3.05) is 5.33 Å². The van der Waals surface area contributed by atoms with E-state index in [1.807, 2.05) is 0 Å². The van der Waals surface area contributed by atoms with Gasteiger partial charge >= 0.3 is 0 Å². The Labute approximate surface area is 198 Å². The van der Waals surface area contributed by atoms with Crippen molar-refractivity contribution < 1.29 is 4.79 Å². The third-order valence-electron chi connectivity index (χ3n) is 9.81. The van der Waals surface area contributed by atoms with Crippen LogP contribution in [-0.4, -0.2) is 23.6 Å². The number of hydrogen-bond acceptors (Lipinski definition) is 1. The van der Waals surface area contributed by atoms with Crippen LogP contribution in [0.3, 0.4) is 0 Å². The first-order valence-electron chi connectivity index (χ1n) is 12.2. The molecule has 31 heavy (non-hydrogen) atoms. The average Bonchev–Trinajstić information content (AvgIpc) is 3.25. The minimum absolute atomic E-state index is 0.0330. The monoisotopic (exact) mass is 501 g/mol. The lowest BCUT2D eigenvalue weighted by Gasteiger charge is -2.44. The predicted molar refractivity (Wildman–Crippen MR) is 139 cm³/mol. The fourth-order valence-corrected chi connectivity index (χ4v) is 15.8. The molecule has 0 spiro atoms. The second kappa shape index (κ2) is 7.58. The van der Waals surface area contributed by atoms with Gasteiger partial charge in [0.2, 0.25) is 0 Å². The Morgan fingerprint density at radius 1 is 1.06 bits per heavy atom. The molecule has 2 fully saturated rings. The number of carbonyl (C=O) groups is 1. The number of hydrogen-bond donors (Lipinski definition) is 0. The molecule has 0 radical (unpaired) electrons. The number of alkyl halides is 1. The lowest BCUT2D eigenvalue weighted by molar-refractivity contribution is -0.129. The van der Waals surface area contributed by atoms with Gasteiger partial charge in [-0.05, 0) is 52.4 Å². The molecule has 1 aromatic carbocycles. The van der Waals surface area contributed by atoms with Crippen molar-refractivity contribution in [3.05, 3.63) is 36.0 Å². The van der Waals surface area contributed by atoms with Crippen LogP contribution in [-0.2, 0) is 4.79 Å². The summed E-state index contributed by atoms with van der Waals surface area (Å²) in [5.74, 6) is 0.946. The Kier molecular flexibility index (Phi) is 5.70. The number of Topliss-reactive ketones (excluding diaryl/α,β-unsaturated/α-hetero) is 1. The molecule has 1 heterocycles. The third kappa shape index (κ3) is 2.76. The predicted octanol–water partition coefficient (Wildman–Crippen LogP) is 8.15. The van der Waals surface area contributed by atoms with Gasteiger partial charge < -0.3 is 4.23 Å². The minimum atomic E-state index is -1.91. The van der Waals surface area contributed by atoms with Gasteiger partial charge in [0.15, 0.2) is 8.24 Å². The van der Waals surface area contributed by atoms with Crippen LogP contribution in [0.25, 0.3) is 10.9 Å². The van der Waals surface area contributed by atoms with E-state index < -0.39 is 8.24 Å². The second-order valence-electron chi connectivity index (χ2n) is 11.7. The molecular weight excluding hydrogens is 462 g/mol. The molecule has 4 atom stereocenters. The fourth-order valence-electron chi connectivity index (χ4n) is 8.14. The van der Waals surface area contributed by atoms with Crippen LogP contribution in [0, 0.1) is 16.7 Å². The van der Waals surface area contributed by atoms with Crippen molar-refractivity contribution >= 4 is 40.9 Å². The molecule has 2 saturated carbocycles. The average molecular weight is 503 g/mol. The summed E-state index contributed by atoms with van der Waals surface area (Å²) in [6.07, 6.45) is 4.66. The Bertz CT molecular complexity index is 986. The van der Waals surface area contributed by atoms with E-state index in [0.717, 1.165) is 18.2 Å². The van der Waals surface area contributed by atoms with E-state index in [-0.39, 0.29) is 16.7 Å². The molecule has 2 bridgehead atoms. The van der Waals surface area contributed by atoms with Gasteiger partial charge in [0.25, 0.3) is 0 Å². The Balaban J connectivity index is 1.99. The zero-order valence-electron chi connectivity index (χ0n) is 20.6. The van der Waals surface area contributed by atoms with Crippen LogP contribution in [0.5, 0.6) is 0 Å². The van der Waals surface area contributed by atoms with E-state index in [2.05, 4.69) is 106 Å². The van der Waals surface area contributed by atoms with Crippen LogP contribution in [0.2, 0.25) is 16.6 Å². The van der Waals surface area contributed by atoms with Crippen molar-refractivity contribution in [2.24, 2.45) is 16.7 Å². The number of para-hydroxylation sites is 1. The normalized spacial score (nSPS) is 31.2. The van der Waals surface area contributed by atoms with Crippen LogP contribution in [0.4, 0.5) is 0 Å². The van der Waals surface area contributed by atoms with Gasteiger partial charge in [-0.2, -0.15) is 0 Å². The number of carbonyl (C=O) groups excluding carboxylic acids is 1. The summed E-state index contributed by atoms with van der Waals surface area (Å²) in [7, 11) is -1.91. The quantitative estimate of drug-likeness (QED) is 0.289. The molecular formula is C27H40BrNOSi. The standard InChI is InChI=1S/C27H40BrNOSi/c1-17(2)31(18(3)4,19(5)6)29-15-21(20-11-9-10-12-23(20)29)24-22-13-14-26(7,25(24)30)27(22,8)16-28/h9-12,15,17-19,22,24H,13-14,16H2,1-8H3/t22-,24-,26+,27-/m1/s1. The molecule has 2 aliphatic rings. The van der Waals surface area contributed by atoms with Crippen molar-refractivity contribution in [1.82, 2.24) is 4.23 Å². The van der Waals surface area contributed by atoms with Gasteiger partial charge in [-0.3, -0.25) is 4.79 Å². The molecule has 0 unspecified atom stereocenters. The lowest BCUT2D eigenvalue weighted by Crippen LogP contribution is -2.51. The maximum Gasteiger partial charge on any atom is 0.169 e. The van der Waals surface area contributed by atoms with Crippen LogP contribution in [0.1, 0.15) is 79.7 Å². The Morgan fingerprint density at radius 2 is 1.65 bits per heavy atom. The zero-order valence-corrected chi connectivity index (χ0v) is 23.2. The SMILES string of the molecule is CC(C)[Si](C(C)C)(C(C)C)n1cc([C@H]2C(=O)[C@]3(C)CC[C@H]2[C@@]3(C)CBr)c2ccccc21. The third-order valence-corrected chi connectivity index (χ3v) is 17.7. The highest BCUT2D eigenvalue weighted by atomic mass is 79.9. The highest BCUT2D eigenvalue weighted by molar-refractivity contribution is 9.09. The van der Waals surface area contributed by atoms with Gasteiger partial charge in [0.05, 0.1) is 0 Å². The van der Waals surface area contributed by atoms with Crippen molar-refractivity contribution in [1.29, 1.82) is 0 Å². The molecule has 0 aliphatic heterocycles. The number of aromatic nitrogens is 1. The maximum atomic E-state index is 13.9. The molecule has 170 valence electrons. The second-order valence-corrected chi connectivity index (χ2v) is 18.0. The molecule has 2 aliphatic carbocycles. The summed E-state index contributed by atoms with van der Waals surface area (Å²) in [5, 5.41) is 2.22. The van der Waals surface area contributed by atoms with E-state index in [1.165, 1.54) is 16.5 Å². The Hall–Kier alpha value is -0.873. The smallest absolute Gasteiger partial charge is 0.169 e. The first-order chi connectivity index (χ1) is 14.5. The number of nitrogens with zero attached hydrogens (tertiary/aromatic N) is 1. The summed E-state index contributed by atoms with van der Waals surface area (Å²) in [4.78, 5) is 13.9. The summed E-state index contributed by atoms with van der Waals surface area (Å²) >= 11 is 3.81. The Morgan fingerprint density at radius 3 is 2.16 bits per heavy atom. The number of fused-ring (bicyclic) bond motifs is 3. The molecule has 0 amide bonds. The topological polar surface area (TPSA) is 22.0 Å². The molecule has 2 aromatic rings. The summed E-state index contributed by atoms with van der Waals surface area (Å²) in [6.45, 7) is 19.1. The first-order valence-corrected chi connectivity index (χ1v) is 15.5. The van der Waals surface area contributed by atoms with E-state index >= 15 is 0 Å². The van der Waals surface area contributed by atoms with Gasteiger partial charge in [-0.1, -0.05) is 89.5 Å². The first kappa shape index (κ1) is 23.3. The number of rotatable bonds is 6. The van der Waals surface area contributed by atoms with Crippen LogP contribution in [0.15, 0.2) is 30.5 Å². The number of ketones is 1. The molecule has 1 aromatic heterocycles. The molecule has 2 nitrogen and oxygen atoms in total. The van der Waals surface area contributed by atoms with E-state index in [9.17, 15) is 4.79 Å². The molecule has 4 rings (SSSR count). The van der Waals surface area contributed by atoms with Crippen molar-refractivity contribution in [3.63, 3.8) is 0 Å². The summed E-state index contributed by atoms with van der Waals surface area (Å²) in [5.41, 5.74) is 4.35. The fraction of sp³-hybridized carbons (Fsp3) is 0.667. The van der Waals surface area contributed by atoms with E-state index in [0.29, 0.717) is 28.3 Å². The number of benzene rings is 1. The molecule has 0 N–H and O–H groups in total.